The number of carbonyl (C=O) groups excluding carboxylic acids is 2. The first kappa shape index (κ1) is 19.0. The van der Waals surface area contributed by atoms with Crippen molar-refractivity contribution in [1.82, 2.24) is 0 Å². The van der Waals surface area contributed by atoms with E-state index in [0.29, 0.717) is 22.7 Å². The Morgan fingerprint density at radius 3 is 2.43 bits per heavy atom. The van der Waals surface area contributed by atoms with Gasteiger partial charge in [0.2, 0.25) is 5.76 Å². The highest BCUT2D eigenvalue weighted by atomic mass is 16.5. The Hall–Kier alpha value is -3.74. The van der Waals surface area contributed by atoms with Gasteiger partial charge >= 0.3 is 5.97 Å². The molecule has 1 aromatic heterocycles. The Kier molecular flexibility index (Phi) is 6.30. The van der Waals surface area contributed by atoms with Crippen molar-refractivity contribution in [3.8, 4) is 11.5 Å². The van der Waals surface area contributed by atoms with Crippen molar-refractivity contribution >= 4 is 17.6 Å². The van der Waals surface area contributed by atoms with Crippen LogP contribution in [0.25, 0.3) is 0 Å². The van der Waals surface area contributed by atoms with Crippen LogP contribution in [0.4, 0.5) is 5.69 Å². The summed E-state index contributed by atoms with van der Waals surface area (Å²) in [5.41, 5.74) is 1.10. The molecule has 0 unspecified atom stereocenters. The first-order valence-electron chi connectivity index (χ1n) is 8.51. The second-order valence-corrected chi connectivity index (χ2v) is 5.73. The van der Waals surface area contributed by atoms with E-state index in [-0.39, 0.29) is 12.4 Å². The monoisotopic (exact) mass is 381 g/mol. The Bertz CT molecular complexity index is 918. The predicted molar refractivity (Wildman–Crippen MR) is 101 cm³/mol. The third kappa shape index (κ3) is 5.14. The zero-order valence-corrected chi connectivity index (χ0v) is 15.2. The number of furan rings is 1. The van der Waals surface area contributed by atoms with Crippen LogP contribution < -0.4 is 14.8 Å². The van der Waals surface area contributed by atoms with E-state index in [9.17, 15) is 9.59 Å². The van der Waals surface area contributed by atoms with Gasteiger partial charge < -0.3 is 23.9 Å². The third-order valence-electron chi connectivity index (χ3n) is 3.78. The van der Waals surface area contributed by atoms with Crippen molar-refractivity contribution in [2.75, 3.05) is 19.0 Å². The van der Waals surface area contributed by atoms with Crippen molar-refractivity contribution < 1.29 is 28.2 Å². The number of nitrogens with one attached hydrogen (secondary N) is 1. The predicted octanol–water partition coefficient (Wildman–Crippen LogP) is 3.66. The molecule has 0 fully saturated rings. The molecule has 0 saturated heterocycles. The minimum atomic E-state index is -0.735. The van der Waals surface area contributed by atoms with E-state index >= 15 is 0 Å². The molecule has 0 aliphatic carbocycles. The maximum atomic E-state index is 12.2. The van der Waals surface area contributed by atoms with E-state index in [1.807, 2.05) is 30.3 Å². The quantitative estimate of drug-likeness (QED) is 0.599. The number of amides is 1. The van der Waals surface area contributed by atoms with Crippen LogP contribution in [0.5, 0.6) is 11.5 Å². The van der Waals surface area contributed by atoms with Gasteiger partial charge in [-0.3, -0.25) is 4.79 Å². The minimum absolute atomic E-state index is 0.00757. The molecule has 0 radical (unpaired) electrons. The van der Waals surface area contributed by atoms with E-state index in [4.69, 9.17) is 18.6 Å². The molecule has 0 spiro atoms. The van der Waals surface area contributed by atoms with Crippen molar-refractivity contribution in [2.45, 2.75) is 6.61 Å². The SMILES string of the molecule is COc1ccc(NC(=O)COC(=O)c2occc2COc2ccccc2)cc1. The number of ether oxygens (including phenoxy) is 3. The first-order chi connectivity index (χ1) is 13.7. The number of rotatable bonds is 8. The second-order valence-electron chi connectivity index (χ2n) is 5.73. The molecular formula is C21H19NO6. The summed E-state index contributed by atoms with van der Waals surface area (Å²) in [4.78, 5) is 24.2. The number of carbonyl (C=O) groups is 2. The molecule has 1 amide bonds. The topological polar surface area (TPSA) is 87.0 Å². The van der Waals surface area contributed by atoms with Gasteiger partial charge in [-0.1, -0.05) is 18.2 Å². The lowest BCUT2D eigenvalue weighted by Crippen LogP contribution is -2.21. The summed E-state index contributed by atoms with van der Waals surface area (Å²) in [6, 6.07) is 17.6. The highest BCUT2D eigenvalue weighted by molar-refractivity contribution is 5.95. The fourth-order valence-corrected chi connectivity index (χ4v) is 2.37. The zero-order chi connectivity index (χ0) is 19.8. The molecule has 7 heteroatoms. The fourth-order valence-electron chi connectivity index (χ4n) is 2.37. The maximum absolute atomic E-state index is 12.2. The molecular weight excluding hydrogens is 362 g/mol. The van der Waals surface area contributed by atoms with Gasteiger partial charge in [0.15, 0.2) is 6.61 Å². The van der Waals surface area contributed by atoms with Crippen LogP contribution in [0.1, 0.15) is 16.1 Å². The molecule has 1 heterocycles. The van der Waals surface area contributed by atoms with Crippen LogP contribution in [0, 0.1) is 0 Å². The van der Waals surface area contributed by atoms with Gasteiger partial charge in [-0.25, -0.2) is 4.79 Å². The number of methoxy groups -OCH3 is 1. The van der Waals surface area contributed by atoms with Gasteiger partial charge in [-0.05, 0) is 42.5 Å². The lowest BCUT2D eigenvalue weighted by atomic mass is 10.2. The second kappa shape index (κ2) is 9.27. The smallest absolute Gasteiger partial charge is 0.375 e. The summed E-state index contributed by atoms with van der Waals surface area (Å²) in [7, 11) is 1.56. The molecule has 0 atom stereocenters. The summed E-state index contributed by atoms with van der Waals surface area (Å²) in [6.07, 6.45) is 1.37. The molecule has 1 N–H and O–H groups in total. The number of benzene rings is 2. The van der Waals surface area contributed by atoms with Crippen LogP contribution in [0.2, 0.25) is 0 Å². The van der Waals surface area contributed by atoms with E-state index < -0.39 is 18.5 Å². The van der Waals surface area contributed by atoms with Gasteiger partial charge in [-0.2, -0.15) is 0 Å². The summed E-state index contributed by atoms with van der Waals surface area (Å²) in [6.45, 7) is -0.298. The van der Waals surface area contributed by atoms with E-state index in [0.717, 1.165) is 0 Å². The highest BCUT2D eigenvalue weighted by Gasteiger charge is 2.19. The molecule has 0 saturated carbocycles. The number of para-hydroxylation sites is 1. The zero-order valence-electron chi connectivity index (χ0n) is 15.2. The van der Waals surface area contributed by atoms with E-state index in [2.05, 4.69) is 5.32 Å². The van der Waals surface area contributed by atoms with Gasteiger partial charge in [0.05, 0.1) is 13.4 Å². The van der Waals surface area contributed by atoms with E-state index in [1.165, 1.54) is 6.26 Å². The molecule has 7 nitrogen and oxygen atoms in total. The Morgan fingerprint density at radius 2 is 1.71 bits per heavy atom. The van der Waals surface area contributed by atoms with Crippen LogP contribution in [-0.4, -0.2) is 25.6 Å². The number of hydrogen-bond donors (Lipinski definition) is 1. The standard InChI is InChI=1S/C21H19NO6/c1-25-17-9-7-16(8-10-17)22-19(23)14-28-21(24)20-15(11-12-26-20)13-27-18-5-3-2-4-6-18/h2-12H,13-14H2,1H3,(H,22,23). The summed E-state index contributed by atoms with van der Waals surface area (Å²) in [5.74, 6) is 0.149. The molecule has 144 valence electrons. The van der Waals surface area contributed by atoms with Crippen LogP contribution >= 0.6 is 0 Å². The van der Waals surface area contributed by atoms with Crippen molar-refractivity contribution in [3.63, 3.8) is 0 Å². The fraction of sp³-hybridized carbons (Fsp3) is 0.143. The normalized spacial score (nSPS) is 10.2. The number of esters is 1. The van der Waals surface area contributed by atoms with E-state index in [1.54, 1.807) is 37.4 Å². The lowest BCUT2D eigenvalue weighted by Gasteiger charge is -2.08. The van der Waals surface area contributed by atoms with Gasteiger partial charge in [0.25, 0.3) is 5.91 Å². The molecule has 0 aliphatic rings. The maximum Gasteiger partial charge on any atom is 0.375 e. The van der Waals surface area contributed by atoms with Crippen molar-refractivity contribution in [3.05, 3.63) is 78.3 Å². The van der Waals surface area contributed by atoms with Crippen LogP contribution in [0.15, 0.2) is 71.3 Å². The first-order valence-corrected chi connectivity index (χ1v) is 8.51. The van der Waals surface area contributed by atoms with Crippen LogP contribution in [0.3, 0.4) is 0 Å². The minimum Gasteiger partial charge on any atom is -0.497 e. The molecule has 28 heavy (non-hydrogen) atoms. The summed E-state index contributed by atoms with van der Waals surface area (Å²) < 4.78 is 20.9. The Morgan fingerprint density at radius 1 is 0.964 bits per heavy atom. The Balaban J connectivity index is 1.50. The average molecular weight is 381 g/mol. The molecule has 0 aliphatic heterocycles. The van der Waals surface area contributed by atoms with Gasteiger partial charge in [0, 0.05) is 11.3 Å². The highest BCUT2D eigenvalue weighted by Crippen LogP contribution is 2.17. The van der Waals surface area contributed by atoms with Gasteiger partial charge in [-0.15, -0.1) is 0 Å². The Labute approximate surface area is 161 Å². The average Bonchev–Trinajstić information content (AvgIpc) is 3.20. The number of hydrogen-bond acceptors (Lipinski definition) is 6. The molecule has 3 aromatic rings. The van der Waals surface area contributed by atoms with Crippen LogP contribution in [-0.2, 0) is 16.1 Å². The van der Waals surface area contributed by atoms with Gasteiger partial charge in [0.1, 0.15) is 18.1 Å². The number of anilines is 1. The largest absolute Gasteiger partial charge is 0.497 e. The third-order valence-corrected chi connectivity index (χ3v) is 3.78. The molecule has 2 aromatic carbocycles. The molecule has 0 bridgehead atoms. The summed E-state index contributed by atoms with van der Waals surface area (Å²) in [5, 5.41) is 2.63. The lowest BCUT2D eigenvalue weighted by molar-refractivity contribution is -0.119. The van der Waals surface area contributed by atoms with Crippen molar-refractivity contribution in [2.24, 2.45) is 0 Å². The molecule has 3 rings (SSSR count). The summed E-state index contributed by atoms with van der Waals surface area (Å²) >= 11 is 0. The van der Waals surface area contributed by atoms with Crippen molar-refractivity contribution in [1.29, 1.82) is 0 Å².